The number of aromatic nitrogens is 1. The van der Waals surface area contributed by atoms with Crippen molar-refractivity contribution in [3.8, 4) is 11.5 Å². The summed E-state index contributed by atoms with van der Waals surface area (Å²) in [6.45, 7) is 1.27. The predicted octanol–water partition coefficient (Wildman–Crippen LogP) is 3.73. The number of hydrogen-bond acceptors (Lipinski definition) is 6. The number of likely N-dealkylation sites (tertiary alicyclic amines) is 1. The molecule has 1 aliphatic carbocycles. The van der Waals surface area contributed by atoms with Gasteiger partial charge in [-0.1, -0.05) is 58.4 Å². The first-order valence-electron chi connectivity index (χ1n) is 12.1. The van der Waals surface area contributed by atoms with Crippen molar-refractivity contribution in [3.63, 3.8) is 0 Å². The third kappa shape index (κ3) is 3.04. The Morgan fingerprint density at radius 1 is 1.11 bits per heavy atom. The molecule has 2 N–H and O–H groups in total. The Labute approximate surface area is 217 Å². The fourth-order valence-electron chi connectivity index (χ4n) is 6.52. The van der Waals surface area contributed by atoms with Gasteiger partial charge in [-0.2, -0.15) is 0 Å². The maximum absolute atomic E-state index is 14.1. The molecule has 2 fully saturated rings. The van der Waals surface area contributed by atoms with Gasteiger partial charge in [-0.25, -0.2) is 0 Å². The van der Waals surface area contributed by atoms with Crippen molar-refractivity contribution in [2.24, 2.45) is 5.92 Å². The molecule has 1 amide bonds. The topological polar surface area (TPSA) is 92.1 Å². The summed E-state index contributed by atoms with van der Waals surface area (Å²) < 4.78 is 13.2. The molecule has 1 saturated heterocycles. The van der Waals surface area contributed by atoms with Crippen molar-refractivity contribution in [1.29, 1.82) is 0 Å². The number of hydrogen-bond donors (Lipinski definition) is 2. The molecular formula is C28H27BrN2O5. The van der Waals surface area contributed by atoms with Crippen LogP contribution in [0.2, 0.25) is 0 Å². The van der Waals surface area contributed by atoms with E-state index in [0.717, 1.165) is 22.9 Å². The van der Waals surface area contributed by atoms with E-state index >= 15 is 0 Å². The molecule has 6 rings (SSSR count). The molecule has 2 aromatic carbocycles. The molecule has 8 heteroatoms. The first-order valence-corrected chi connectivity index (χ1v) is 12.9. The van der Waals surface area contributed by atoms with Crippen LogP contribution in [-0.2, 0) is 16.0 Å². The van der Waals surface area contributed by atoms with Crippen LogP contribution in [0.4, 0.5) is 0 Å². The van der Waals surface area contributed by atoms with Gasteiger partial charge in [-0.15, -0.1) is 0 Å². The molecule has 2 aliphatic heterocycles. The lowest BCUT2D eigenvalue weighted by atomic mass is 9.70. The molecule has 3 heterocycles. The van der Waals surface area contributed by atoms with Crippen molar-refractivity contribution < 1.29 is 24.5 Å². The van der Waals surface area contributed by atoms with Crippen LogP contribution in [0.25, 0.3) is 0 Å². The van der Waals surface area contributed by atoms with Crippen molar-refractivity contribution in [3.05, 3.63) is 88.2 Å². The second-order valence-corrected chi connectivity index (χ2v) is 10.6. The molecule has 5 atom stereocenters. The zero-order valence-electron chi connectivity index (χ0n) is 19.8. The van der Waals surface area contributed by atoms with Gasteiger partial charge in [0.1, 0.15) is 17.6 Å². The van der Waals surface area contributed by atoms with Gasteiger partial charge in [0.15, 0.2) is 11.2 Å². The normalized spacial score (nSPS) is 30.6. The number of carbonyl (C=O) groups excluding carboxylic acids is 1. The van der Waals surface area contributed by atoms with Crippen LogP contribution in [0.3, 0.4) is 0 Å². The Morgan fingerprint density at radius 3 is 2.47 bits per heavy atom. The molecule has 0 radical (unpaired) electrons. The number of methoxy groups -OCH3 is 1. The smallest absolute Gasteiger partial charge is 0.229 e. The number of aliphatic hydroxyl groups excluding tert-OH is 1. The first-order chi connectivity index (χ1) is 17.4. The number of amides is 1. The number of halogens is 1. The van der Waals surface area contributed by atoms with Crippen LogP contribution in [0.1, 0.15) is 35.4 Å². The average Bonchev–Trinajstić information content (AvgIpc) is 3.58. The summed E-state index contributed by atoms with van der Waals surface area (Å²) in [4.78, 5) is 20.1. The number of aliphatic hydroxyl groups is 2. The van der Waals surface area contributed by atoms with Crippen LogP contribution in [0.5, 0.6) is 11.5 Å². The molecule has 3 aromatic rings. The largest absolute Gasteiger partial charge is 0.495 e. The quantitative estimate of drug-likeness (QED) is 0.514. The molecule has 3 aliphatic rings. The summed E-state index contributed by atoms with van der Waals surface area (Å²) >= 11 is 3.50. The summed E-state index contributed by atoms with van der Waals surface area (Å²) in [6.07, 6.45) is 3.41. The molecule has 1 saturated carbocycles. The Bertz CT molecular complexity index is 1300. The molecule has 0 bridgehead atoms. The van der Waals surface area contributed by atoms with E-state index in [0.29, 0.717) is 35.7 Å². The standard InChI is InChI=1S/C28H27BrN2O5/c1-35-20-15-30-16-21-24(20)27(34)25(32)22(26(33)31-13-5-6-14-31)23(17-7-3-2-4-8-17)28(27,36-21)18-9-11-19(29)12-10-18/h2-4,7-12,15-16,22-23,25,32,34H,5-6,13-14H2,1H3/t22?,23?,25-,27?,28?/m1/s1. The van der Waals surface area contributed by atoms with Gasteiger partial charge in [0, 0.05) is 23.5 Å². The van der Waals surface area contributed by atoms with Crippen molar-refractivity contribution in [2.45, 2.75) is 36.1 Å². The number of benzene rings is 2. The number of ether oxygens (including phenoxy) is 2. The van der Waals surface area contributed by atoms with Gasteiger partial charge in [0.25, 0.3) is 0 Å². The van der Waals surface area contributed by atoms with Gasteiger partial charge in [-0.3, -0.25) is 9.78 Å². The molecule has 186 valence electrons. The zero-order valence-corrected chi connectivity index (χ0v) is 21.4. The highest BCUT2D eigenvalue weighted by atomic mass is 79.9. The highest BCUT2D eigenvalue weighted by molar-refractivity contribution is 9.10. The number of pyridine rings is 1. The summed E-state index contributed by atoms with van der Waals surface area (Å²) in [6, 6.07) is 17.0. The number of fused-ring (bicyclic) bond motifs is 3. The average molecular weight is 551 g/mol. The van der Waals surface area contributed by atoms with Crippen molar-refractivity contribution in [2.75, 3.05) is 20.2 Å². The highest BCUT2D eigenvalue weighted by Gasteiger charge is 2.78. The van der Waals surface area contributed by atoms with Crippen LogP contribution >= 0.6 is 15.9 Å². The monoisotopic (exact) mass is 550 g/mol. The fourth-order valence-corrected chi connectivity index (χ4v) is 6.78. The molecule has 36 heavy (non-hydrogen) atoms. The second-order valence-electron chi connectivity index (χ2n) is 9.72. The van der Waals surface area contributed by atoms with Crippen LogP contribution in [0, 0.1) is 5.92 Å². The third-order valence-corrected chi connectivity index (χ3v) is 8.54. The van der Waals surface area contributed by atoms with Crippen molar-refractivity contribution >= 4 is 21.8 Å². The van der Waals surface area contributed by atoms with Gasteiger partial charge < -0.3 is 24.6 Å². The maximum Gasteiger partial charge on any atom is 0.229 e. The van der Waals surface area contributed by atoms with E-state index in [1.165, 1.54) is 19.5 Å². The number of nitrogens with zero attached hydrogens (tertiary/aromatic N) is 2. The Balaban J connectivity index is 1.67. The third-order valence-electron chi connectivity index (χ3n) is 8.01. The minimum absolute atomic E-state index is 0.175. The predicted molar refractivity (Wildman–Crippen MR) is 136 cm³/mol. The van der Waals surface area contributed by atoms with E-state index in [1.54, 1.807) is 4.90 Å². The van der Waals surface area contributed by atoms with Gasteiger partial charge in [0.2, 0.25) is 5.91 Å². The highest BCUT2D eigenvalue weighted by Crippen LogP contribution is 2.69. The fraction of sp³-hybridized carbons (Fsp3) is 0.357. The van der Waals surface area contributed by atoms with Gasteiger partial charge in [-0.05, 0) is 36.1 Å². The van der Waals surface area contributed by atoms with E-state index in [1.807, 2.05) is 54.6 Å². The van der Waals surface area contributed by atoms with E-state index in [9.17, 15) is 15.0 Å². The maximum atomic E-state index is 14.1. The van der Waals surface area contributed by atoms with E-state index in [2.05, 4.69) is 20.9 Å². The summed E-state index contributed by atoms with van der Waals surface area (Å²) in [5.41, 5.74) is -1.73. The van der Waals surface area contributed by atoms with Gasteiger partial charge >= 0.3 is 0 Å². The number of carbonyl (C=O) groups is 1. The minimum Gasteiger partial charge on any atom is -0.495 e. The van der Waals surface area contributed by atoms with Crippen LogP contribution in [0.15, 0.2) is 71.5 Å². The lowest BCUT2D eigenvalue weighted by molar-refractivity contribution is -0.156. The lowest BCUT2D eigenvalue weighted by Crippen LogP contribution is -2.52. The molecule has 7 nitrogen and oxygen atoms in total. The summed E-state index contributed by atoms with van der Waals surface area (Å²) in [5.74, 6) is -1.18. The van der Waals surface area contributed by atoms with Crippen LogP contribution in [-0.4, -0.2) is 52.3 Å². The van der Waals surface area contributed by atoms with E-state index in [-0.39, 0.29) is 5.91 Å². The van der Waals surface area contributed by atoms with E-state index < -0.39 is 29.1 Å². The lowest BCUT2D eigenvalue weighted by Gasteiger charge is -2.41. The Kier molecular flexibility index (Phi) is 5.59. The summed E-state index contributed by atoms with van der Waals surface area (Å²) in [7, 11) is 1.49. The first kappa shape index (κ1) is 23.5. The minimum atomic E-state index is -1.98. The second kappa shape index (κ2) is 8.57. The molecule has 1 aromatic heterocycles. The van der Waals surface area contributed by atoms with Crippen molar-refractivity contribution in [1.82, 2.24) is 9.88 Å². The molecule has 4 unspecified atom stereocenters. The van der Waals surface area contributed by atoms with Crippen LogP contribution < -0.4 is 9.47 Å². The summed E-state index contributed by atoms with van der Waals surface area (Å²) in [5, 5.41) is 24.8. The molecular weight excluding hydrogens is 524 g/mol. The van der Waals surface area contributed by atoms with E-state index in [4.69, 9.17) is 9.47 Å². The SMILES string of the molecule is COc1cncc2c1C1(O)[C@H](O)C(C(=O)N3CCCC3)C(c3ccccc3)C1(c1ccc(Br)cc1)O2. The zero-order chi connectivity index (χ0) is 25.1. The Morgan fingerprint density at radius 2 is 1.81 bits per heavy atom. The Hall–Kier alpha value is -2.94. The molecule has 0 spiro atoms. The number of rotatable bonds is 4. The van der Waals surface area contributed by atoms with Gasteiger partial charge in [0.05, 0.1) is 31.0 Å².